The number of rotatable bonds is 3. The van der Waals surface area contributed by atoms with E-state index in [4.69, 9.17) is 0 Å². The lowest BCUT2D eigenvalue weighted by Crippen LogP contribution is -2.39. The number of halogens is 3. The fraction of sp³-hybridized carbons (Fsp3) is 0.400. The minimum atomic E-state index is -4.74. The predicted octanol–water partition coefficient (Wildman–Crippen LogP) is 4.62. The Morgan fingerprint density at radius 3 is 2.70 bits per heavy atom. The summed E-state index contributed by atoms with van der Waals surface area (Å²) in [4.78, 5) is 18.8. The monoisotopic (exact) mass is 378 g/mol. The molecule has 0 N–H and O–H groups in total. The molecule has 1 fully saturated rings. The van der Waals surface area contributed by atoms with Crippen molar-refractivity contribution in [1.29, 1.82) is 0 Å². The van der Waals surface area contributed by atoms with E-state index in [0.29, 0.717) is 30.6 Å². The summed E-state index contributed by atoms with van der Waals surface area (Å²) in [7, 11) is 0. The molecule has 0 aliphatic carbocycles. The van der Waals surface area contributed by atoms with Gasteiger partial charge in [-0.2, -0.15) is 0 Å². The number of hydrogen-bond acceptors (Lipinski definition) is 3. The number of hydrogen-bond donors (Lipinski definition) is 0. The maximum atomic E-state index is 13.0. The number of likely N-dealkylation sites (tertiary alicyclic amines) is 1. The highest BCUT2D eigenvalue weighted by Gasteiger charge is 2.34. The molecule has 7 heteroatoms. The van der Waals surface area contributed by atoms with Crippen LogP contribution in [0.4, 0.5) is 13.2 Å². The first-order valence-electron chi connectivity index (χ1n) is 8.82. The van der Waals surface area contributed by atoms with Crippen LogP contribution in [0.15, 0.2) is 36.5 Å². The van der Waals surface area contributed by atoms with E-state index in [1.807, 2.05) is 13.8 Å². The topological polar surface area (TPSA) is 42.4 Å². The molecule has 27 heavy (non-hydrogen) atoms. The van der Waals surface area contributed by atoms with Crippen LogP contribution in [0.3, 0.4) is 0 Å². The maximum absolute atomic E-state index is 13.0. The summed E-state index contributed by atoms with van der Waals surface area (Å²) in [5.41, 5.74) is 2.68. The Hall–Kier alpha value is -2.57. The zero-order chi connectivity index (χ0) is 19.6. The number of benzene rings is 1. The molecule has 0 spiro atoms. The van der Waals surface area contributed by atoms with Crippen LogP contribution in [-0.4, -0.2) is 35.2 Å². The molecule has 1 aromatic heterocycles. The highest BCUT2D eigenvalue weighted by molar-refractivity contribution is 5.95. The smallest absolute Gasteiger partial charge is 0.405 e. The first kappa shape index (κ1) is 19.2. The van der Waals surface area contributed by atoms with Crippen LogP contribution in [0.25, 0.3) is 0 Å². The van der Waals surface area contributed by atoms with Crippen molar-refractivity contribution in [2.24, 2.45) is 0 Å². The van der Waals surface area contributed by atoms with E-state index < -0.39 is 6.36 Å². The molecule has 1 atom stereocenters. The highest BCUT2D eigenvalue weighted by atomic mass is 19.4. The van der Waals surface area contributed by atoms with Gasteiger partial charge in [-0.15, -0.1) is 13.2 Å². The molecule has 1 amide bonds. The summed E-state index contributed by atoms with van der Waals surface area (Å²) in [5, 5.41) is 0. The number of aromatic nitrogens is 1. The quantitative estimate of drug-likeness (QED) is 0.783. The molecule has 0 bridgehead atoms. The summed E-state index contributed by atoms with van der Waals surface area (Å²) in [6.07, 6.45) is -1.72. The van der Waals surface area contributed by atoms with Crippen molar-refractivity contribution in [3.8, 4) is 5.75 Å². The van der Waals surface area contributed by atoms with Crippen LogP contribution in [0, 0.1) is 13.8 Å². The van der Waals surface area contributed by atoms with Gasteiger partial charge in [0.15, 0.2) is 0 Å². The van der Waals surface area contributed by atoms with Gasteiger partial charge in [-0.1, -0.05) is 18.2 Å². The number of para-hydroxylation sites is 1. The SMILES string of the molecule is Cc1nccc(C(=O)N2CCCC(c3ccccc3OC(F)(F)F)C2)c1C. The van der Waals surface area contributed by atoms with Crippen LogP contribution < -0.4 is 4.74 Å². The first-order valence-corrected chi connectivity index (χ1v) is 8.82. The molecule has 3 rings (SSSR count). The Bertz CT molecular complexity index is 836. The van der Waals surface area contributed by atoms with Gasteiger partial charge in [-0.3, -0.25) is 9.78 Å². The van der Waals surface area contributed by atoms with Crippen LogP contribution >= 0.6 is 0 Å². The molecular formula is C20H21F3N2O2. The van der Waals surface area contributed by atoms with Gasteiger partial charge in [0.2, 0.25) is 0 Å². The van der Waals surface area contributed by atoms with Crippen molar-refractivity contribution in [3.05, 3.63) is 58.9 Å². The number of ether oxygens (including phenoxy) is 1. The largest absolute Gasteiger partial charge is 0.573 e. The molecule has 1 aromatic carbocycles. The van der Waals surface area contributed by atoms with E-state index in [1.54, 1.807) is 29.3 Å². The molecule has 0 saturated carbocycles. The zero-order valence-corrected chi connectivity index (χ0v) is 15.2. The summed E-state index contributed by atoms with van der Waals surface area (Å²) in [6, 6.07) is 7.85. The average Bonchev–Trinajstić information content (AvgIpc) is 2.63. The summed E-state index contributed by atoms with van der Waals surface area (Å²) in [6.45, 7) is 4.63. The molecule has 2 aromatic rings. The summed E-state index contributed by atoms with van der Waals surface area (Å²) >= 11 is 0. The Kier molecular flexibility index (Phi) is 5.39. The second kappa shape index (κ2) is 7.58. The lowest BCUT2D eigenvalue weighted by Gasteiger charge is -2.34. The summed E-state index contributed by atoms with van der Waals surface area (Å²) < 4.78 is 42.3. The third-order valence-electron chi connectivity index (χ3n) is 4.98. The first-order chi connectivity index (χ1) is 12.8. The van der Waals surface area contributed by atoms with Crippen molar-refractivity contribution >= 4 is 5.91 Å². The van der Waals surface area contributed by atoms with Crippen LogP contribution in [-0.2, 0) is 0 Å². The lowest BCUT2D eigenvalue weighted by molar-refractivity contribution is -0.275. The zero-order valence-electron chi connectivity index (χ0n) is 15.2. The van der Waals surface area contributed by atoms with Crippen molar-refractivity contribution < 1.29 is 22.7 Å². The Labute approximate surface area is 156 Å². The second-order valence-electron chi connectivity index (χ2n) is 6.74. The van der Waals surface area contributed by atoms with Crippen LogP contribution in [0.1, 0.15) is 45.9 Å². The standard InChI is InChI=1S/C20H21F3N2O2/c1-13-14(2)24-10-9-16(13)19(26)25-11-5-6-15(12-25)17-7-3-4-8-18(17)27-20(21,22)23/h3-4,7-10,15H,5-6,11-12H2,1-2H3. The van der Waals surface area contributed by atoms with Gasteiger partial charge in [0.1, 0.15) is 5.75 Å². The normalized spacial score (nSPS) is 17.7. The number of amides is 1. The van der Waals surface area contributed by atoms with Crippen molar-refractivity contribution in [1.82, 2.24) is 9.88 Å². The van der Waals surface area contributed by atoms with Gasteiger partial charge < -0.3 is 9.64 Å². The van der Waals surface area contributed by atoms with E-state index in [9.17, 15) is 18.0 Å². The molecule has 0 radical (unpaired) electrons. The maximum Gasteiger partial charge on any atom is 0.573 e. The summed E-state index contributed by atoms with van der Waals surface area (Å²) in [5.74, 6) is -0.512. The molecule has 1 aliphatic rings. The minimum absolute atomic E-state index is 0.114. The van der Waals surface area contributed by atoms with E-state index in [-0.39, 0.29) is 17.6 Å². The molecular weight excluding hydrogens is 357 g/mol. The predicted molar refractivity (Wildman–Crippen MR) is 94.7 cm³/mol. The van der Waals surface area contributed by atoms with Crippen LogP contribution in [0.2, 0.25) is 0 Å². The molecule has 1 aliphatic heterocycles. The second-order valence-corrected chi connectivity index (χ2v) is 6.74. The van der Waals surface area contributed by atoms with E-state index in [0.717, 1.165) is 17.7 Å². The highest BCUT2D eigenvalue weighted by Crippen LogP contribution is 2.36. The lowest BCUT2D eigenvalue weighted by atomic mass is 9.89. The number of carbonyl (C=O) groups is 1. The molecule has 144 valence electrons. The average molecular weight is 378 g/mol. The van der Waals surface area contributed by atoms with Gasteiger partial charge in [0.25, 0.3) is 5.91 Å². The molecule has 4 nitrogen and oxygen atoms in total. The van der Waals surface area contributed by atoms with Crippen molar-refractivity contribution in [2.75, 3.05) is 13.1 Å². The third kappa shape index (κ3) is 4.40. The molecule has 1 saturated heterocycles. The Morgan fingerprint density at radius 1 is 1.22 bits per heavy atom. The number of aryl methyl sites for hydroxylation is 1. The number of piperidine rings is 1. The third-order valence-corrected chi connectivity index (χ3v) is 4.98. The number of carbonyl (C=O) groups excluding carboxylic acids is 1. The van der Waals surface area contributed by atoms with Gasteiger partial charge >= 0.3 is 6.36 Å². The molecule has 1 unspecified atom stereocenters. The molecule has 2 heterocycles. The fourth-order valence-electron chi connectivity index (χ4n) is 3.49. The fourth-order valence-corrected chi connectivity index (χ4v) is 3.49. The van der Waals surface area contributed by atoms with Gasteiger partial charge in [-0.25, -0.2) is 0 Å². The van der Waals surface area contributed by atoms with Crippen LogP contribution in [0.5, 0.6) is 5.75 Å². The Balaban J connectivity index is 1.83. The van der Waals surface area contributed by atoms with Gasteiger partial charge in [0.05, 0.1) is 0 Å². The van der Waals surface area contributed by atoms with Crippen molar-refractivity contribution in [3.63, 3.8) is 0 Å². The number of alkyl halides is 3. The van der Waals surface area contributed by atoms with Gasteiger partial charge in [0, 0.05) is 36.5 Å². The van der Waals surface area contributed by atoms with E-state index >= 15 is 0 Å². The van der Waals surface area contributed by atoms with E-state index in [2.05, 4.69) is 9.72 Å². The van der Waals surface area contributed by atoms with Crippen molar-refractivity contribution in [2.45, 2.75) is 39.0 Å². The minimum Gasteiger partial charge on any atom is -0.405 e. The number of nitrogens with zero attached hydrogens (tertiary/aromatic N) is 2. The van der Waals surface area contributed by atoms with Gasteiger partial charge in [-0.05, 0) is 49.9 Å². The number of pyridine rings is 1. The Morgan fingerprint density at radius 2 is 1.96 bits per heavy atom. The van der Waals surface area contributed by atoms with E-state index in [1.165, 1.54) is 12.1 Å².